The van der Waals surface area contributed by atoms with Gasteiger partial charge in [-0.25, -0.2) is 0 Å². The van der Waals surface area contributed by atoms with Crippen molar-refractivity contribution in [1.82, 2.24) is 10.2 Å². The average molecular weight is 320 g/mol. The Hall–Kier alpha value is -1.79. The van der Waals surface area contributed by atoms with Gasteiger partial charge < -0.3 is 24.4 Å². The molecule has 0 bridgehead atoms. The van der Waals surface area contributed by atoms with Crippen molar-refractivity contribution in [1.29, 1.82) is 0 Å². The Morgan fingerprint density at radius 2 is 2.35 bits per heavy atom. The lowest BCUT2D eigenvalue weighted by atomic mass is 10.1. The highest BCUT2D eigenvalue weighted by molar-refractivity contribution is 5.77. The standard InChI is InChI=1S/C17H24N2O4/c1-21-15-5-2-4-13-11-19(7-3-8-23-17(13)15)16(20)10-14-12-22-9-6-18-14/h2,4-5,14,18H,3,6-12H2,1H3/t14-/m1/s1. The SMILES string of the molecule is COc1cccc2c1OCCCN(C(=O)C[C@@H]1COCCN1)C2. The molecule has 0 radical (unpaired) electrons. The molecule has 1 N–H and O–H groups in total. The van der Waals surface area contributed by atoms with Crippen LogP contribution < -0.4 is 14.8 Å². The fourth-order valence-corrected chi connectivity index (χ4v) is 3.03. The predicted octanol–water partition coefficient (Wildman–Crippen LogP) is 1.18. The van der Waals surface area contributed by atoms with Crippen LogP contribution in [-0.4, -0.2) is 56.9 Å². The van der Waals surface area contributed by atoms with E-state index in [1.807, 2.05) is 23.1 Å². The van der Waals surface area contributed by atoms with Crippen LogP contribution in [0.1, 0.15) is 18.4 Å². The molecule has 0 unspecified atom stereocenters. The smallest absolute Gasteiger partial charge is 0.224 e. The lowest BCUT2D eigenvalue weighted by molar-refractivity contribution is -0.133. The van der Waals surface area contributed by atoms with E-state index in [0.29, 0.717) is 32.7 Å². The highest BCUT2D eigenvalue weighted by Gasteiger charge is 2.24. The number of para-hydroxylation sites is 1. The van der Waals surface area contributed by atoms with Gasteiger partial charge in [-0.1, -0.05) is 12.1 Å². The number of nitrogens with one attached hydrogen (secondary N) is 1. The highest BCUT2D eigenvalue weighted by Crippen LogP contribution is 2.33. The van der Waals surface area contributed by atoms with Gasteiger partial charge in [-0.3, -0.25) is 4.79 Å². The molecule has 1 aromatic rings. The summed E-state index contributed by atoms with van der Waals surface area (Å²) in [5.74, 6) is 1.63. The number of methoxy groups -OCH3 is 1. The van der Waals surface area contributed by atoms with Gasteiger partial charge in [-0.2, -0.15) is 0 Å². The molecule has 126 valence electrons. The second kappa shape index (κ2) is 7.66. The first-order valence-electron chi connectivity index (χ1n) is 8.15. The molecule has 3 rings (SSSR count). The molecule has 0 saturated carbocycles. The van der Waals surface area contributed by atoms with Crippen LogP contribution >= 0.6 is 0 Å². The number of morpholine rings is 1. The third-order valence-electron chi connectivity index (χ3n) is 4.23. The Balaban J connectivity index is 1.71. The Kier molecular flexibility index (Phi) is 5.35. The second-order valence-electron chi connectivity index (χ2n) is 5.90. The predicted molar refractivity (Wildman–Crippen MR) is 85.7 cm³/mol. The summed E-state index contributed by atoms with van der Waals surface area (Å²) in [4.78, 5) is 14.6. The van der Waals surface area contributed by atoms with Crippen molar-refractivity contribution >= 4 is 5.91 Å². The molecule has 1 saturated heterocycles. The number of carbonyl (C=O) groups is 1. The fourth-order valence-electron chi connectivity index (χ4n) is 3.03. The van der Waals surface area contributed by atoms with Crippen LogP contribution in [0.4, 0.5) is 0 Å². The number of fused-ring (bicyclic) bond motifs is 1. The minimum absolute atomic E-state index is 0.114. The van der Waals surface area contributed by atoms with Gasteiger partial charge in [0.2, 0.25) is 5.91 Å². The minimum atomic E-state index is 0.114. The maximum Gasteiger partial charge on any atom is 0.224 e. The van der Waals surface area contributed by atoms with Crippen LogP contribution in [0, 0.1) is 0 Å². The molecular weight excluding hydrogens is 296 g/mol. The first kappa shape index (κ1) is 16.1. The summed E-state index contributed by atoms with van der Waals surface area (Å²) >= 11 is 0. The number of carbonyl (C=O) groups excluding carboxylic acids is 1. The molecule has 1 amide bonds. The van der Waals surface area contributed by atoms with Gasteiger partial charge in [0.05, 0.1) is 26.9 Å². The average Bonchev–Trinajstić information content (AvgIpc) is 2.55. The minimum Gasteiger partial charge on any atom is -0.493 e. The molecule has 6 nitrogen and oxygen atoms in total. The summed E-state index contributed by atoms with van der Waals surface area (Å²) < 4.78 is 16.6. The molecule has 2 heterocycles. The van der Waals surface area contributed by atoms with Crippen LogP contribution in [0.2, 0.25) is 0 Å². The zero-order valence-electron chi connectivity index (χ0n) is 13.5. The quantitative estimate of drug-likeness (QED) is 0.906. The van der Waals surface area contributed by atoms with Gasteiger partial charge in [-0.15, -0.1) is 0 Å². The maximum absolute atomic E-state index is 12.7. The maximum atomic E-state index is 12.7. The highest BCUT2D eigenvalue weighted by atomic mass is 16.5. The van der Waals surface area contributed by atoms with Crippen LogP contribution in [0.15, 0.2) is 18.2 Å². The van der Waals surface area contributed by atoms with Crippen molar-refractivity contribution in [2.75, 3.05) is 40.0 Å². The van der Waals surface area contributed by atoms with Gasteiger partial charge in [0.1, 0.15) is 0 Å². The lowest BCUT2D eigenvalue weighted by Crippen LogP contribution is -2.45. The van der Waals surface area contributed by atoms with E-state index in [0.717, 1.165) is 36.6 Å². The van der Waals surface area contributed by atoms with Gasteiger partial charge in [0, 0.05) is 37.7 Å². The van der Waals surface area contributed by atoms with Crippen LogP contribution in [0.3, 0.4) is 0 Å². The summed E-state index contributed by atoms with van der Waals surface area (Å²) in [5, 5.41) is 3.34. The molecule has 1 atom stereocenters. The molecule has 6 heteroatoms. The van der Waals surface area contributed by atoms with Gasteiger partial charge in [0.25, 0.3) is 0 Å². The molecule has 2 aliphatic rings. The van der Waals surface area contributed by atoms with E-state index in [2.05, 4.69) is 5.32 Å². The zero-order valence-corrected chi connectivity index (χ0v) is 13.5. The van der Waals surface area contributed by atoms with Gasteiger partial charge in [-0.05, 0) is 12.5 Å². The summed E-state index contributed by atoms with van der Waals surface area (Å²) in [6.45, 7) is 3.99. The molecule has 0 spiro atoms. The van der Waals surface area contributed by atoms with E-state index >= 15 is 0 Å². The van der Waals surface area contributed by atoms with E-state index < -0.39 is 0 Å². The summed E-state index contributed by atoms with van der Waals surface area (Å²) in [5.41, 5.74) is 0.991. The number of hydrogen-bond acceptors (Lipinski definition) is 5. The zero-order chi connectivity index (χ0) is 16.1. The number of hydrogen-bond donors (Lipinski definition) is 1. The largest absolute Gasteiger partial charge is 0.493 e. The number of amides is 1. The first-order valence-corrected chi connectivity index (χ1v) is 8.15. The normalized spacial score (nSPS) is 21.6. The number of ether oxygens (including phenoxy) is 3. The third-order valence-corrected chi connectivity index (χ3v) is 4.23. The van der Waals surface area contributed by atoms with E-state index in [4.69, 9.17) is 14.2 Å². The van der Waals surface area contributed by atoms with Crippen LogP contribution in [0.25, 0.3) is 0 Å². The van der Waals surface area contributed by atoms with Crippen molar-refractivity contribution in [3.63, 3.8) is 0 Å². The molecule has 2 aliphatic heterocycles. The molecule has 1 fully saturated rings. The Bertz CT molecular complexity index is 543. The Morgan fingerprint density at radius 3 is 3.13 bits per heavy atom. The first-order chi connectivity index (χ1) is 11.3. The van der Waals surface area contributed by atoms with Gasteiger partial charge >= 0.3 is 0 Å². The monoisotopic (exact) mass is 320 g/mol. The molecular formula is C17H24N2O4. The summed E-state index contributed by atoms with van der Waals surface area (Å²) in [6.07, 6.45) is 1.29. The molecule has 0 aliphatic carbocycles. The molecule has 23 heavy (non-hydrogen) atoms. The van der Waals surface area contributed by atoms with E-state index in [1.165, 1.54) is 0 Å². The van der Waals surface area contributed by atoms with E-state index in [-0.39, 0.29) is 11.9 Å². The second-order valence-corrected chi connectivity index (χ2v) is 5.90. The number of benzene rings is 1. The number of rotatable bonds is 3. The van der Waals surface area contributed by atoms with Gasteiger partial charge in [0.15, 0.2) is 11.5 Å². The third kappa shape index (κ3) is 3.95. The fraction of sp³-hybridized carbons (Fsp3) is 0.588. The van der Waals surface area contributed by atoms with E-state index in [9.17, 15) is 4.79 Å². The topological polar surface area (TPSA) is 60.0 Å². The summed E-state index contributed by atoms with van der Waals surface area (Å²) in [6, 6.07) is 5.92. The molecule has 0 aromatic heterocycles. The van der Waals surface area contributed by atoms with Crippen molar-refractivity contribution in [3.8, 4) is 11.5 Å². The van der Waals surface area contributed by atoms with Crippen molar-refractivity contribution in [3.05, 3.63) is 23.8 Å². The van der Waals surface area contributed by atoms with E-state index in [1.54, 1.807) is 7.11 Å². The molecule has 1 aromatic carbocycles. The van der Waals surface area contributed by atoms with Crippen molar-refractivity contribution in [2.45, 2.75) is 25.4 Å². The number of nitrogens with zero attached hydrogens (tertiary/aromatic N) is 1. The van der Waals surface area contributed by atoms with Crippen LogP contribution in [0.5, 0.6) is 11.5 Å². The lowest BCUT2D eigenvalue weighted by Gasteiger charge is -2.30. The Labute approximate surface area is 136 Å². The van der Waals surface area contributed by atoms with Crippen molar-refractivity contribution < 1.29 is 19.0 Å². The Morgan fingerprint density at radius 1 is 1.43 bits per heavy atom. The van der Waals surface area contributed by atoms with Crippen molar-refractivity contribution in [2.24, 2.45) is 0 Å². The summed E-state index contributed by atoms with van der Waals surface area (Å²) in [7, 11) is 1.63. The van der Waals surface area contributed by atoms with Crippen LogP contribution in [-0.2, 0) is 16.1 Å².